The number of ether oxygens (including phenoxy) is 2. The van der Waals surface area contributed by atoms with Crippen LogP contribution in [0.2, 0.25) is 0 Å². The highest BCUT2D eigenvalue weighted by atomic mass is 16.6. The molecule has 2 unspecified atom stereocenters. The van der Waals surface area contributed by atoms with E-state index in [-0.39, 0.29) is 11.9 Å². The molecule has 0 N–H and O–H groups in total. The third-order valence-electron chi connectivity index (χ3n) is 8.34. The molecule has 0 aliphatic carbocycles. The number of hydrogen-bond acceptors (Lipinski definition) is 4. The van der Waals surface area contributed by atoms with Crippen molar-refractivity contribution in [3.63, 3.8) is 0 Å². The van der Waals surface area contributed by atoms with Gasteiger partial charge in [0, 0.05) is 0 Å². The first-order valence-electron chi connectivity index (χ1n) is 13.4. The molecule has 4 nitrogen and oxygen atoms in total. The average molecular weight is 523 g/mol. The Hall–Kier alpha value is -4.96. The number of benzene rings is 5. The molecule has 0 saturated carbocycles. The maximum Gasteiger partial charge on any atom is 0.325 e. The van der Waals surface area contributed by atoms with Crippen molar-refractivity contribution in [3.8, 4) is 0 Å². The number of cyclic esters (lactones) is 2. The van der Waals surface area contributed by atoms with Crippen LogP contribution in [0.3, 0.4) is 0 Å². The monoisotopic (exact) mass is 522 g/mol. The molecule has 7 rings (SSSR count). The predicted molar refractivity (Wildman–Crippen MR) is 151 cm³/mol. The van der Waals surface area contributed by atoms with Crippen molar-refractivity contribution in [2.45, 2.75) is 23.0 Å². The number of esters is 2. The van der Waals surface area contributed by atoms with Crippen LogP contribution in [0, 0.1) is 0 Å². The molecule has 0 spiro atoms. The number of carbonyl (C=O) groups is 2. The predicted octanol–water partition coefficient (Wildman–Crippen LogP) is 6.86. The van der Waals surface area contributed by atoms with E-state index in [0.717, 1.165) is 33.4 Å². The fourth-order valence-corrected chi connectivity index (χ4v) is 6.37. The maximum absolute atomic E-state index is 13.3. The van der Waals surface area contributed by atoms with E-state index in [2.05, 4.69) is 0 Å². The molecule has 2 saturated heterocycles. The smallest absolute Gasteiger partial charge is 0.325 e. The molecule has 5 aromatic rings. The van der Waals surface area contributed by atoms with Gasteiger partial charge in [-0.15, -0.1) is 0 Å². The van der Waals surface area contributed by atoms with Gasteiger partial charge < -0.3 is 9.47 Å². The molecule has 2 fully saturated rings. The van der Waals surface area contributed by atoms with Crippen LogP contribution in [-0.4, -0.2) is 11.9 Å². The Labute approximate surface area is 232 Å². The van der Waals surface area contributed by atoms with Gasteiger partial charge in [0.15, 0.2) is 23.0 Å². The lowest BCUT2D eigenvalue weighted by Crippen LogP contribution is -2.55. The fourth-order valence-electron chi connectivity index (χ4n) is 6.37. The van der Waals surface area contributed by atoms with Crippen LogP contribution < -0.4 is 0 Å². The Bertz CT molecular complexity index is 1460. The Morgan fingerprint density at radius 2 is 0.625 bits per heavy atom. The fraction of sp³-hybridized carbons (Fsp3) is 0.111. The average Bonchev–Trinajstić information content (AvgIpc) is 3.01. The highest BCUT2D eigenvalue weighted by molar-refractivity contribution is 5.95. The maximum atomic E-state index is 13.3. The van der Waals surface area contributed by atoms with E-state index in [1.165, 1.54) is 0 Å². The van der Waals surface area contributed by atoms with Gasteiger partial charge in [0.05, 0.1) is 0 Å². The number of carbonyl (C=O) groups excluding carboxylic acids is 2. The van der Waals surface area contributed by atoms with Crippen molar-refractivity contribution in [1.82, 2.24) is 0 Å². The van der Waals surface area contributed by atoms with E-state index in [1.54, 1.807) is 0 Å². The lowest BCUT2D eigenvalue weighted by Gasteiger charge is -2.48. The van der Waals surface area contributed by atoms with Crippen LogP contribution in [0.4, 0.5) is 0 Å². The molecule has 0 aromatic heterocycles. The second-order valence-electron chi connectivity index (χ2n) is 10.3. The van der Waals surface area contributed by atoms with E-state index in [1.807, 2.05) is 146 Å². The number of rotatable bonds is 6. The molecular formula is C36H26O4. The summed E-state index contributed by atoms with van der Waals surface area (Å²) in [5, 5.41) is 0. The van der Waals surface area contributed by atoms with E-state index < -0.39 is 23.0 Å². The molecule has 0 bridgehead atoms. The van der Waals surface area contributed by atoms with Crippen molar-refractivity contribution in [1.29, 1.82) is 0 Å². The van der Waals surface area contributed by atoms with E-state index in [0.29, 0.717) is 0 Å². The summed E-state index contributed by atoms with van der Waals surface area (Å²) in [5.41, 5.74) is 3.46. The van der Waals surface area contributed by atoms with E-state index in [4.69, 9.17) is 9.47 Å². The summed E-state index contributed by atoms with van der Waals surface area (Å²) in [6.45, 7) is 0. The zero-order valence-electron chi connectivity index (χ0n) is 21.6. The summed E-state index contributed by atoms with van der Waals surface area (Å²) in [5.74, 6) is -0.529. The quantitative estimate of drug-likeness (QED) is 0.229. The van der Waals surface area contributed by atoms with Crippen molar-refractivity contribution in [3.05, 3.63) is 179 Å². The molecule has 2 heterocycles. The third-order valence-corrected chi connectivity index (χ3v) is 8.34. The topological polar surface area (TPSA) is 52.6 Å². The minimum Gasteiger partial charge on any atom is -0.454 e. The molecular weight excluding hydrogens is 496 g/mol. The Kier molecular flexibility index (Phi) is 5.64. The highest BCUT2D eigenvalue weighted by Crippen LogP contribution is 2.56. The first kappa shape index (κ1) is 24.1. The minimum atomic E-state index is -0.940. The second-order valence-corrected chi connectivity index (χ2v) is 10.3. The Morgan fingerprint density at radius 3 is 0.850 bits per heavy atom. The second kappa shape index (κ2) is 9.35. The summed E-state index contributed by atoms with van der Waals surface area (Å²) in [4.78, 5) is 26.6. The van der Waals surface area contributed by atoms with Gasteiger partial charge in [-0.2, -0.15) is 0 Å². The largest absolute Gasteiger partial charge is 0.454 e. The van der Waals surface area contributed by atoms with Gasteiger partial charge in [-0.05, 0) is 33.4 Å². The summed E-state index contributed by atoms with van der Waals surface area (Å²) in [6.07, 6.45) is -0.980. The SMILES string of the molecule is O=C1OC(c2ccc(C3OC(=O)C3(c3ccccc3)c3ccccc3)cc2)C1(c1ccccc1)c1ccccc1. The zero-order valence-corrected chi connectivity index (χ0v) is 21.6. The molecule has 0 amide bonds. The van der Waals surface area contributed by atoms with Gasteiger partial charge in [0.25, 0.3) is 0 Å². The zero-order chi connectivity index (χ0) is 27.2. The van der Waals surface area contributed by atoms with Crippen LogP contribution in [0.25, 0.3) is 0 Å². The van der Waals surface area contributed by atoms with Crippen LogP contribution in [0.5, 0.6) is 0 Å². The van der Waals surface area contributed by atoms with Gasteiger partial charge in [0.2, 0.25) is 0 Å². The molecule has 2 atom stereocenters. The van der Waals surface area contributed by atoms with Gasteiger partial charge in [0.1, 0.15) is 0 Å². The van der Waals surface area contributed by atoms with E-state index in [9.17, 15) is 9.59 Å². The summed E-state index contributed by atoms with van der Waals surface area (Å²) in [7, 11) is 0. The molecule has 5 aromatic carbocycles. The Morgan fingerprint density at radius 1 is 0.375 bits per heavy atom. The molecule has 4 heteroatoms. The van der Waals surface area contributed by atoms with Gasteiger partial charge in [-0.1, -0.05) is 146 Å². The van der Waals surface area contributed by atoms with Crippen molar-refractivity contribution in [2.24, 2.45) is 0 Å². The van der Waals surface area contributed by atoms with Crippen molar-refractivity contribution < 1.29 is 19.1 Å². The Balaban J connectivity index is 1.30. The normalized spacial score (nSPS) is 20.4. The van der Waals surface area contributed by atoms with Gasteiger partial charge in [-0.25, -0.2) is 0 Å². The van der Waals surface area contributed by atoms with Crippen LogP contribution in [-0.2, 0) is 29.9 Å². The third kappa shape index (κ3) is 3.32. The van der Waals surface area contributed by atoms with Gasteiger partial charge in [-0.3, -0.25) is 9.59 Å². The molecule has 40 heavy (non-hydrogen) atoms. The molecule has 194 valence electrons. The first-order valence-corrected chi connectivity index (χ1v) is 13.4. The lowest BCUT2D eigenvalue weighted by atomic mass is 9.64. The first-order chi connectivity index (χ1) is 19.7. The highest BCUT2D eigenvalue weighted by Gasteiger charge is 2.62. The molecule has 0 radical (unpaired) electrons. The van der Waals surface area contributed by atoms with Crippen LogP contribution in [0.15, 0.2) is 146 Å². The van der Waals surface area contributed by atoms with E-state index >= 15 is 0 Å². The van der Waals surface area contributed by atoms with Crippen LogP contribution >= 0.6 is 0 Å². The lowest BCUT2D eigenvalue weighted by molar-refractivity contribution is -0.188. The standard InChI is InChI=1S/C36H26O4/c37-33-35(27-13-5-1-6-14-27,28-15-7-2-8-16-28)31(39-33)25-21-23-26(24-22-25)32-36(34(38)40-32,29-17-9-3-10-18-29)30-19-11-4-12-20-30/h1-24,31-32H. The van der Waals surface area contributed by atoms with Crippen LogP contribution in [0.1, 0.15) is 45.6 Å². The molecule has 2 aliphatic heterocycles. The van der Waals surface area contributed by atoms with Crippen molar-refractivity contribution in [2.75, 3.05) is 0 Å². The minimum absolute atomic E-state index is 0.265. The van der Waals surface area contributed by atoms with Crippen molar-refractivity contribution >= 4 is 11.9 Å². The number of hydrogen-bond donors (Lipinski definition) is 0. The summed E-state index contributed by atoms with van der Waals surface area (Å²) >= 11 is 0. The van der Waals surface area contributed by atoms with Gasteiger partial charge >= 0.3 is 11.9 Å². The molecule has 2 aliphatic rings. The summed E-state index contributed by atoms with van der Waals surface area (Å²) < 4.78 is 11.7. The summed E-state index contributed by atoms with van der Waals surface area (Å²) in [6, 6.07) is 47.2.